The van der Waals surface area contributed by atoms with Crippen LogP contribution in [-0.4, -0.2) is 31.5 Å². The predicted octanol–water partition coefficient (Wildman–Crippen LogP) is 3.56. The molecule has 0 aliphatic rings. The second kappa shape index (κ2) is 8.84. The average Bonchev–Trinajstić information content (AvgIpc) is 2.59. The minimum Gasteiger partial charge on any atom is -0.491 e. The Bertz CT molecular complexity index is 695. The molecular weight excluding hydrogens is 306 g/mol. The average molecular weight is 327 g/mol. The SMILES string of the molecule is CCOCCOc1cccc(C(=O)Nc2ccc(C(C)=O)cc2)c1. The molecule has 0 fully saturated rings. The maximum absolute atomic E-state index is 12.3. The van der Waals surface area contributed by atoms with Crippen LogP contribution in [0, 0.1) is 0 Å². The van der Waals surface area contributed by atoms with Crippen molar-refractivity contribution in [2.75, 3.05) is 25.1 Å². The van der Waals surface area contributed by atoms with Crippen molar-refractivity contribution >= 4 is 17.4 Å². The first-order valence-corrected chi connectivity index (χ1v) is 7.83. The van der Waals surface area contributed by atoms with Crippen molar-refractivity contribution in [3.8, 4) is 5.75 Å². The number of hydrogen-bond acceptors (Lipinski definition) is 4. The van der Waals surface area contributed by atoms with E-state index in [-0.39, 0.29) is 11.7 Å². The number of ether oxygens (including phenoxy) is 2. The van der Waals surface area contributed by atoms with E-state index in [0.717, 1.165) is 0 Å². The number of anilines is 1. The summed E-state index contributed by atoms with van der Waals surface area (Å²) in [6.45, 7) is 5.02. The summed E-state index contributed by atoms with van der Waals surface area (Å²) < 4.78 is 10.8. The van der Waals surface area contributed by atoms with Gasteiger partial charge >= 0.3 is 0 Å². The van der Waals surface area contributed by atoms with Crippen molar-refractivity contribution in [1.29, 1.82) is 0 Å². The molecule has 1 amide bonds. The summed E-state index contributed by atoms with van der Waals surface area (Å²) >= 11 is 0. The quantitative estimate of drug-likeness (QED) is 0.595. The Morgan fingerprint density at radius 1 is 1.00 bits per heavy atom. The number of benzene rings is 2. The number of amides is 1. The first kappa shape index (κ1) is 17.7. The Morgan fingerprint density at radius 3 is 2.42 bits per heavy atom. The molecule has 2 aromatic carbocycles. The summed E-state index contributed by atoms with van der Waals surface area (Å²) in [7, 11) is 0. The van der Waals surface area contributed by atoms with Crippen LogP contribution in [0.3, 0.4) is 0 Å². The zero-order valence-electron chi connectivity index (χ0n) is 13.9. The molecule has 0 aliphatic heterocycles. The molecule has 0 heterocycles. The molecular formula is C19H21NO4. The number of carbonyl (C=O) groups excluding carboxylic acids is 2. The van der Waals surface area contributed by atoms with Crippen molar-refractivity contribution in [3.63, 3.8) is 0 Å². The molecule has 24 heavy (non-hydrogen) atoms. The van der Waals surface area contributed by atoms with E-state index < -0.39 is 0 Å². The van der Waals surface area contributed by atoms with Crippen LogP contribution in [-0.2, 0) is 4.74 Å². The van der Waals surface area contributed by atoms with E-state index in [2.05, 4.69) is 5.32 Å². The van der Waals surface area contributed by atoms with E-state index in [1.165, 1.54) is 6.92 Å². The molecule has 0 bridgehead atoms. The fourth-order valence-electron chi connectivity index (χ4n) is 2.08. The third-order valence-electron chi connectivity index (χ3n) is 3.35. The molecule has 5 nitrogen and oxygen atoms in total. The molecule has 1 N–H and O–H groups in total. The molecule has 126 valence electrons. The van der Waals surface area contributed by atoms with Gasteiger partial charge in [0.2, 0.25) is 0 Å². The summed E-state index contributed by atoms with van der Waals surface area (Å²) in [5.41, 5.74) is 1.74. The summed E-state index contributed by atoms with van der Waals surface area (Å²) in [5, 5.41) is 2.80. The Morgan fingerprint density at radius 2 is 1.75 bits per heavy atom. The van der Waals surface area contributed by atoms with Gasteiger partial charge < -0.3 is 14.8 Å². The molecule has 5 heteroatoms. The standard InChI is InChI=1S/C19H21NO4/c1-3-23-11-12-24-18-6-4-5-16(13-18)19(22)20-17-9-7-15(8-10-17)14(2)21/h4-10,13H,3,11-12H2,1-2H3,(H,20,22). The van der Waals surface area contributed by atoms with Crippen LogP contribution in [0.4, 0.5) is 5.69 Å². The van der Waals surface area contributed by atoms with Crippen LogP contribution in [0.1, 0.15) is 34.6 Å². The zero-order chi connectivity index (χ0) is 17.4. The fraction of sp³-hybridized carbons (Fsp3) is 0.263. The molecule has 0 saturated heterocycles. The van der Waals surface area contributed by atoms with E-state index in [9.17, 15) is 9.59 Å². The van der Waals surface area contributed by atoms with Gasteiger partial charge in [-0.1, -0.05) is 6.07 Å². The first-order valence-electron chi connectivity index (χ1n) is 7.83. The molecule has 0 unspecified atom stereocenters. The highest BCUT2D eigenvalue weighted by Crippen LogP contribution is 2.16. The van der Waals surface area contributed by atoms with Crippen LogP contribution < -0.4 is 10.1 Å². The lowest BCUT2D eigenvalue weighted by molar-refractivity contribution is 0.101. The number of ketones is 1. The maximum Gasteiger partial charge on any atom is 0.255 e. The summed E-state index contributed by atoms with van der Waals surface area (Å²) in [5.74, 6) is 0.375. The maximum atomic E-state index is 12.3. The highest BCUT2D eigenvalue weighted by atomic mass is 16.5. The molecule has 0 aliphatic carbocycles. The van der Waals surface area contributed by atoms with Crippen molar-refractivity contribution in [2.24, 2.45) is 0 Å². The van der Waals surface area contributed by atoms with Gasteiger partial charge in [0.05, 0.1) is 6.61 Å². The monoisotopic (exact) mass is 327 g/mol. The number of hydrogen-bond donors (Lipinski definition) is 1. The smallest absolute Gasteiger partial charge is 0.255 e. The zero-order valence-corrected chi connectivity index (χ0v) is 13.9. The normalized spacial score (nSPS) is 10.2. The van der Waals surface area contributed by atoms with Crippen LogP contribution in [0.5, 0.6) is 5.75 Å². The van der Waals surface area contributed by atoms with Crippen molar-refractivity contribution in [1.82, 2.24) is 0 Å². The second-order valence-electron chi connectivity index (χ2n) is 5.16. The molecule has 0 saturated carbocycles. The van der Waals surface area contributed by atoms with Crippen molar-refractivity contribution in [3.05, 3.63) is 59.7 Å². The van der Waals surface area contributed by atoms with Gasteiger partial charge in [-0.25, -0.2) is 0 Å². The minimum absolute atomic E-state index is 0.00946. The van der Waals surface area contributed by atoms with Gasteiger partial charge in [0.25, 0.3) is 5.91 Å². The first-order chi connectivity index (χ1) is 11.6. The largest absolute Gasteiger partial charge is 0.491 e. The third kappa shape index (κ3) is 5.21. The van der Waals surface area contributed by atoms with Crippen LogP contribution in [0.25, 0.3) is 0 Å². The summed E-state index contributed by atoms with van der Waals surface area (Å²) in [4.78, 5) is 23.6. The number of carbonyl (C=O) groups is 2. The Kier molecular flexibility index (Phi) is 6.51. The molecule has 2 aromatic rings. The highest BCUT2D eigenvalue weighted by Gasteiger charge is 2.08. The van der Waals surface area contributed by atoms with Crippen molar-refractivity contribution in [2.45, 2.75) is 13.8 Å². The summed E-state index contributed by atoms with van der Waals surface area (Å²) in [6.07, 6.45) is 0. The Hall–Kier alpha value is -2.66. The lowest BCUT2D eigenvalue weighted by Gasteiger charge is -2.09. The van der Waals surface area contributed by atoms with Gasteiger partial charge in [0, 0.05) is 23.4 Å². The third-order valence-corrected chi connectivity index (χ3v) is 3.35. The van der Waals surface area contributed by atoms with Gasteiger partial charge in [-0.05, 0) is 56.3 Å². The van der Waals surface area contributed by atoms with E-state index >= 15 is 0 Å². The fourth-order valence-corrected chi connectivity index (χ4v) is 2.08. The molecule has 0 radical (unpaired) electrons. The number of Topliss-reactive ketones (excluding diaryl/α,β-unsaturated/α-hetero) is 1. The number of rotatable bonds is 8. The predicted molar refractivity (Wildman–Crippen MR) is 92.8 cm³/mol. The van der Waals surface area contributed by atoms with E-state index in [0.29, 0.717) is 42.4 Å². The molecule has 0 atom stereocenters. The molecule has 2 rings (SSSR count). The Balaban J connectivity index is 1.97. The van der Waals surface area contributed by atoms with E-state index in [1.54, 1.807) is 48.5 Å². The lowest BCUT2D eigenvalue weighted by atomic mass is 10.1. The Labute approximate surface area is 141 Å². The second-order valence-corrected chi connectivity index (χ2v) is 5.16. The molecule has 0 aromatic heterocycles. The summed E-state index contributed by atoms with van der Waals surface area (Å²) in [6, 6.07) is 13.7. The van der Waals surface area contributed by atoms with Crippen LogP contribution >= 0.6 is 0 Å². The van der Waals surface area contributed by atoms with Crippen LogP contribution in [0.15, 0.2) is 48.5 Å². The van der Waals surface area contributed by atoms with Gasteiger partial charge in [0.15, 0.2) is 5.78 Å². The van der Waals surface area contributed by atoms with Gasteiger partial charge in [-0.15, -0.1) is 0 Å². The lowest BCUT2D eigenvalue weighted by Crippen LogP contribution is -2.12. The van der Waals surface area contributed by atoms with Gasteiger partial charge in [0.1, 0.15) is 12.4 Å². The van der Waals surface area contributed by atoms with E-state index in [4.69, 9.17) is 9.47 Å². The molecule has 0 spiro atoms. The van der Waals surface area contributed by atoms with E-state index in [1.807, 2.05) is 6.92 Å². The minimum atomic E-state index is -0.235. The highest BCUT2D eigenvalue weighted by molar-refractivity contribution is 6.04. The number of nitrogens with one attached hydrogen (secondary N) is 1. The van der Waals surface area contributed by atoms with Gasteiger partial charge in [-0.2, -0.15) is 0 Å². The van der Waals surface area contributed by atoms with Crippen molar-refractivity contribution < 1.29 is 19.1 Å². The van der Waals surface area contributed by atoms with Gasteiger partial charge in [-0.3, -0.25) is 9.59 Å². The van der Waals surface area contributed by atoms with Crippen LogP contribution in [0.2, 0.25) is 0 Å². The topological polar surface area (TPSA) is 64.6 Å².